The molecule has 0 saturated carbocycles. The highest BCUT2D eigenvalue weighted by atomic mass is 35.5. The van der Waals surface area contributed by atoms with Crippen LogP contribution in [0.15, 0.2) is 66.0 Å². The zero-order chi connectivity index (χ0) is 20.6. The van der Waals surface area contributed by atoms with Crippen LogP contribution in [0.25, 0.3) is 11.0 Å². The van der Waals surface area contributed by atoms with Gasteiger partial charge in [-0.25, -0.2) is 22.4 Å². The third-order valence-corrected chi connectivity index (χ3v) is 6.31. The van der Waals surface area contributed by atoms with Crippen molar-refractivity contribution in [2.45, 2.75) is 4.90 Å². The van der Waals surface area contributed by atoms with Crippen LogP contribution in [0.2, 0.25) is 5.02 Å². The van der Waals surface area contributed by atoms with Crippen molar-refractivity contribution in [2.24, 2.45) is 0 Å². The van der Waals surface area contributed by atoms with Gasteiger partial charge in [0.05, 0.1) is 23.0 Å². The lowest BCUT2D eigenvalue weighted by atomic mass is 10.3. The molecule has 3 N–H and O–H groups in total. The first-order valence-electron chi connectivity index (χ1n) is 8.49. The van der Waals surface area contributed by atoms with Crippen molar-refractivity contribution in [2.75, 3.05) is 18.1 Å². The Kier molecular flexibility index (Phi) is 4.77. The third kappa shape index (κ3) is 3.34. The number of benzene rings is 1. The molecule has 0 saturated heterocycles. The number of ether oxygens (including phenoxy) is 1. The maximum atomic E-state index is 12.9. The monoisotopic (exact) mass is 429 g/mol. The fourth-order valence-electron chi connectivity index (χ4n) is 2.86. The van der Waals surface area contributed by atoms with Gasteiger partial charge in [0, 0.05) is 18.6 Å². The Morgan fingerprint density at radius 3 is 2.62 bits per heavy atom. The van der Waals surface area contributed by atoms with E-state index in [4.69, 9.17) is 22.1 Å². The molecule has 8 nitrogen and oxygen atoms in total. The van der Waals surface area contributed by atoms with E-state index >= 15 is 0 Å². The Balaban J connectivity index is 1.71. The Bertz CT molecular complexity index is 1310. The first kappa shape index (κ1) is 19.0. The quantitative estimate of drug-likeness (QED) is 0.497. The van der Waals surface area contributed by atoms with Gasteiger partial charge in [0.25, 0.3) is 10.0 Å². The summed E-state index contributed by atoms with van der Waals surface area (Å²) < 4.78 is 32.7. The van der Waals surface area contributed by atoms with E-state index in [9.17, 15) is 8.42 Å². The highest BCUT2D eigenvalue weighted by Crippen LogP contribution is 2.37. The summed E-state index contributed by atoms with van der Waals surface area (Å²) in [6.07, 6.45) is 4.29. The molecule has 4 rings (SSSR count). The van der Waals surface area contributed by atoms with Crippen molar-refractivity contribution >= 4 is 44.2 Å². The molecule has 29 heavy (non-hydrogen) atoms. The van der Waals surface area contributed by atoms with E-state index in [-0.39, 0.29) is 15.7 Å². The SMILES string of the molecule is CNc1c(N)ncc(Oc2cnc3c(ccn3S(=O)(=O)c3ccccc3)c2)c1Cl. The minimum absolute atomic E-state index is 0.180. The fourth-order valence-corrected chi connectivity index (χ4v) is 4.46. The van der Waals surface area contributed by atoms with E-state index in [0.717, 1.165) is 3.97 Å². The number of aromatic nitrogens is 3. The highest BCUT2D eigenvalue weighted by Gasteiger charge is 2.20. The molecule has 0 atom stereocenters. The number of nitrogens with one attached hydrogen (secondary N) is 1. The number of nitrogens with two attached hydrogens (primary N) is 1. The van der Waals surface area contributed by atoms with Crippen LogP contribution < -0.4 is 15.8 Å². The van der Waals surface area contributed by atoms with Gasteiger partial charge in [-0.3, -0.25) is 0 Å². The predicted molar refractivity (Wildman–Crippen MR) is 112 cm³/mol. The minimum atomic E-state index is -3.75. The molecule has 0 radical (unpaired) electrons. The second-order valence-electron chi connectivity index (χ2n) is 6.06. The molecular formula is C19H16ClN5O3S. The average molecular weight is 430 g/mol. The van der Waals surface area contributed by atoms with Crippen LogP contribution in [-0.4, -0.2) is 29.4 Å². The largest absolute Gasteiger partial charge is 0.452 e. The van der Waals surface area contributed by atoms with Crippen molar-refractivity contribution < 1.29 is 13.2 Å². The van der Waals surface area contributed by atoms with E-state index in [1.54, 1.807) is 37.4 Å². The molecule has 148 valence electrons. The summed E-state index contributed by atoms with van der Waals surface area (Å²) in [5.74, 6) is 0.923. The van der Waals surface area contributed by atoms with E-state index in [1.807, 2.05) is 0 Å². The third-order valence-electron chi connectivity index (χ3n) is 4.26. The van der Waals surface area contributed by atoms with Crippen molar-refractivity contribution in [1.29, 1.82) is 0 Å². The molecule has 10 heteroatoms. The molecule has 0 aliphatic carbocycles. The lowest BCUT2D eigenvalue weighted by molar-refractivity contribution is 0.479. The van der Waals surface area contributed by atoms with Gasteiger partial charge in [0.15, 0.2) is 11.4 Å². The second kappa shape index (κ2) is 7.26. The van der Waals surface area contributed by atoms with E-state index in [1.165, 1.54) is 30.7 Å². The van der Waals surface area contributed by atoms with Crippen LogP contribution in [0.3, 0.4) is 0 Å². The number of anilines is 2. The molecule has 0 fully saturated rings. The van der Waals surface area contributed by atoms with Gasteiger partial charge in [-0.05, 0) is 24.3 Å². The smallest absolute Gasteiger partial charge is 0.269 e. The van der Waals surface area contributed by atoms with Crippen molar-refractivity contribution in [1.82, 2.24) is 13.9 Å². The Labute approximate surface area is 172 Å². The molecule has 0 spiro atoms. The summed E-state index contributed by atoms with van der Waals surface area (Å²) in [4.78, 5) is 8.49. The molecule has 0 unspecified atom stereocenters. The number of rotatable bonds is 5. The zero-order valence-corrected chi connectivity index (χ0v) is 16.8. The molecule has 0 amide bonds. The number of pyridine rings is 2. The van der Waals surface area contributed by atoms with Crippen LogP contribution in [0.1, 0.15) is 0 Å². The van der Waals surface area contributed by atoms with E-state index in [2.05, 4.69) is 15.3 Å². The van der Waals surface area contributed by atoms with Crippen LogP contribution >= 0.6 is 11.6 Å². The molecule has 0 aliphatic rings. The standard InChI is InChI=1S/C19H16ClN5O3S/c1-22-17-16(20)15(11-23-18(17)21)28-13-9-12-7-8-25(19(12)24-10-13)29(26,27)14-5-3-2-4-6-14/h2-11,22H,1H3,(H2,21,23). The lowest BCUT2D eigenvalue weighted by Gasteiger charge is -2.12. The summed E-state index contributed by atoms with van der Waals surface area (Å²) in [5.41, 5.74) is 6.52. The van der Waals surface area contributed by atoms with Gasteiger partial charge in [-0.2, -0.15) is 0 Å². The van der Waals surface area contributed by atoms with Crippen LogP contribution in [-0.2, 0) is 10.0 Å². The van der Waals surface area contributed by atoms with Gasteiger partial charge in [-0.1, -0.05) is 29.8 Å². The average Bonchev–Trinajstić information content (AvgIpc) is 3.15. The highest BCUT2D eigenvalue weighted by molar-refractivity contribution is 7.90. The van der Waals surface area contributed by atoms with Crippen LogP contribution in [0.4, 0.5) is 11.5 Å². The Morgan fingerprint density at radius 1 is 1.14 bits per heavy atom. The predicted octanol–water partition coefficient (Wildman–Crippen LogP) is 3.74. The molecule has 0 bridgehead atoms. The maximum absolute atomic E-state index is 12.9. The van der Waals surface area contributed by atoms with Crippen molar-refractivity contribution in [3.8, 4) is 11.5 Å². The summed E-state index contributed by atoms with van der Waals surface area (Å²) in [6, 6.07) is 11.5. The minimum Gasteiger partial charge on any atom is -0.452 e. The van der Waals surface area contributed by atoms with Gasteiger partial charge < -0.3 is 15.8 Å². The van der Waals surface area contributed by atoms with Gasteiger partial charge in [0.2, 0.25) is 0 Å². The maximum Gasteiger partial charge on any atom is 0.269 e. The molecule has 4 aromatic rings. The van der Waals surface area contributed by atoms with Gasteiger partial charge >= 0.3 is 0 Å². The zero-order valence-electron chi connectivity index (χ0n) is 15.2. The first-order valence-corrected chi connectivity index (χ1v) is 10.3. The van der Waals surface area contributed by atoms with Crippen LogP contribution in [0.5, 0.6) is 11.5 Å². The molecular weight excluding hydrogens is 414 g/mol. The molecule has 3 aromatic heterocycles. The normalized spacial score (nSPS) is 11.5. The van der Waals surface area contributed by atoms with E-state index < -0.39 is 10.0 Å². The second-order valence-corrected chi connectivity index (χ2v) is 8.26. The lowest BCUT2D eigenvalue weighted by Crippen LogP contribution is -2.12. The molecule has 1 aromatic carbocycles. The number of hydrogen-bond donors (Lipinski definition) is 2. The van der Waals surface area contributed by atoms with Gasteiger partial charge in [-0.15, -0.1) is 0 Å². The number of halogens is 1. The summed E-state index contributed by atoms with van der Waals surface area (Å²) in [5, 5.41) is 3.74. The number of nitrogens with zero attached hydrogens (tertiary/aromatic N) is 3. The Hall–Kier alpha value is -3.30. The number of fused-ring (bicyclic) bond motifs is 1. The summed E-state index contributed by atoms with van der Waals surface area (Å²) >= 11 is 6.30. The fraction of sp³-hybridized carbons (Fsp3) is 0.0526. The topological polar surface area (TPSA) is 112 Å². The Morgan fingerprint density at radius 2 is 1.90 bits per heavy atom. The van der Waals surface area contributed by atoms with Crippen molar-refractivity contribution in [3.05, 3.63) is 66.1 Å². The molecule has 3 heterocycles. The first-order chi connectivity index (χ1) is 13.9. The summed E-state index contributed by atoms with van der Waals surface area (Å²) in [6.45, 7) is 0. The van der Waals surface area contributed by atoms with Gasteiger partial charge in [0.1, 0.15) is 16.6 Å². The molecule has 0 aliphatic heterocycles. The summed E-state index contributed by atoms with van der Waals surface area (Å²) in [7, 11) is -2.08. The van der Waals surface area contributed by atoms with E-state index in [0.29, 0.717) is 28.2 Å². The van der Waals surface area contributed by atoms with Crippen molar-refractivity contribution in [3.63, 3.8) is 0 Å². The number of nitrogen functional groups attached to an aromatic ring is 1. The van der Waals surface area contributed by atoms with Crippen LogP contribution in [0, 0.1) is 0 Å². The number of hydrogen-bond acceptors (Lipinski definition) is 7.